The van der Waals surface area contributed by atoms with Gasteiger partial charge in [-0.05, 0) is 64.9 Å². The van der Waals surface area contributed by atoms with Crippen LogP contribution in [-0.4, -0.2) is 5.97 Å². The number of halogens is 1. The van der Waals surface area contributed by atoms with E-state index in [0.29, 0.717) is 10.9 Å². The molecule has 0 bridgehead atoms. The maximum absolute atomic E-state index is 15.3. The zero-order valence-electron chi connectivity index (χ0n) is 18.7. The van der Waals surface area contributed by atoms with Crippen LogP contribution >= 0.6 is 0 Å². The van der Waals surface area contributed by atoms with Gasteiger partial charge in [0.2, 0.25) is 0 Å². The Morgan fingerprint density at radius 1 is 0.879 bits per heavy atom. The minimum atomic E-state index is -0.766. The molecule has 0 radical (unpaired) electrons. The lowest BCUT2D eigenvalue weighted by Gasteiger charge is -2.10. The molecular formula is C29H26FNO2. The Balaban J connectivity index is 1.56. The van der Waals surface area contributed by atoms with Crippen molar-refractivity contribution in [3.8, 4) is 11.8 Å². The number of fused-ring (bicyclic) bond motifs is 3. The summed E-state index contributed by atoms with van der Waals surface area (Å²) in [5.41, 5.74) is 1.63. The molecule has 0 heterocycles. The molecule has 0 unspecified atom stereocenters. The highest BCUT2D eigenvalue weighted by atomic mass is 19.1. The lowest BCUT2D eigenvalue weighted by atomic mass is 9.96. The Morgan fingerprint density at radius 2 is 1.61 bits per heavy atom. The molecule has 0 aliphatic heterocycles. The van der Waals surface area contributed by atoms with E-state index in [1.807, 2.05) is 18.2 Å². The van der Waals surface area contributed by atoms with Gasteiger partial charge in [-0.3, -0.25) is 0 Å². The smallest absolute Gasteiger partial charge is 0.346 e. The van der Waals surface area contributed by atoms with E-state index < -0.39 is 11.8 Å². The van der Waals surface area contributed by atoms with Crippen LogP contribution in [0.15, 0.2) is 66.7 Å². The Labute approximate surface area is 193 Å². The van der Waals surface area contributed by atoms with Crippen molar-refractivity contribution >= 4 is 27.5 Å². The van der Waals surface area contributed by atoms with E-state index in [1.165, 1.54) is 55.9 Å². The standard InChI is InChI=1S/C29H26FNO2/c1-2-3-4-5-6-7-20-10-14-24-22(18-20)11-15-26-25(24)16-17-27(28(26)30)29(32)33-23-12-8-21(19-31)9-13-23/h8-18H,2-7H2,1H3. The maximum atomic E-state index is 15.3. The third kappa shape index (κ3) is 5.04. The third-order valence-electron chi connectivity index (χ3n) is 6.00. The molecule has 4 rings (SSSR count). The first-order valence-electron chi connectivity index (χ1n) is 11.5. The first-order chi connectivity index (χ1) is 16.1. The van der Waals surface area contributed by atoms with Gasteiger partial charge < -0.3 is 4.74 Å². The number of rotatable bonds is 8. The van der Waals surface area contributed by atoms with E-state index >= 15 is 4.39 Å². The van der Waals surface area contributed by atoms with Crippen molar-refractivity contribution in [3.05, 3.63) is 89.2 Å². The molecule has 4 aromatic carbocycles. The van der Waals surface area contributed by atoms with Crippen molar-refractivity contribution in [2.75, 3.05) is 0 Å². The second kappa shape index (κ2) is 10.3. The molecule has 0 aromatic heterocycles. The number of nitriles is 1. The van der Waals surface area contributed by atoms with Crippen LogP contribution in [0.25, 0.3) is 21.5 Å². The van der Waals surface area contributed by atoms with E-state index in [4.69, 9.17) is 10.00 Å². The number of carbonyl (C=O) groups excluding carboxylic acids is 1. The number of ether oxygens (including phenoxy) is 1. The number of hydrogen-bond donors (Lipinski definition) is 0. The van der Waals surface area contributed by atoms with Crippen LogP contribution in [0.2, 0.25) is 0 Å². The molecule has 3 nitrogen and oxygen atoms in total. The largest absolute Gasteiger partial charge is 0.423 e. The van der Waals surface area contributed by atoms with E-state index in [-0.39, 0.29) is 11.3 Å². The van der Waals surface area contributed by atoms with Crippen molar-refractivity contribution in [2.24, 2.45) is 0 Å². The first-order valence-corrected chi connectivity index (χ1v) is 11.5. The molecular weight excluding hydrogens is 413 g/mol. The van der Waals surface area contributed by atoms with Gasteiger partial charge in [0.25, 0.3) is 0 Å². The van der Waals surface area contributed by atoms with Gasteiger partial charge in [0.15, 0.2) is 0 Å². The summed E-state index contributed by atoms with van der Waals surface area (Å²) in [6.07, 6.45) is 7.29. The van der Waals surface area contributed by atoms with Gasteiger partial charge in [-0.1, -0.05) is 69.0 Å². The number of esters is 1. The molecule has 0 atom stereocenters. The number of benzene rings is 4. The summed E-state index contributed by atoms with van der Waals surface area (Å²) in [7, 11) is 0. The Bertz CT molecular complexity index is 1340. The van der Waals surface area contributed by atoms with Crippen LogP contribution in [-0.2, 0) is 6.42 Å². The lowest BCUT2D eigenvalue weighted by Crippen LogP contribution is -2.11. The van der Waals surface area contributed by atoms with Crippen LogP contribution < -0.4 is 4.74 Å². The molecule has 0 amide bonds. The second-order valence-electron chi connectivity index (χ2n) is 8.33. The highest BCUT2D eigenvalue weighted by molar-refractivity contribution is 6.09. The fraction of sp³-hybridized carbons (Fsp3) is 0.241. The quantitative estimate of drug-likeness (QED) is 0.122. The number of nitrogens with zero attached hydrogens (tertiary/aromatic N) is 1. The van der Waals surface area contributed by atoms with Crippen LogP contribution in [0, 0.1) is 17.1 Å². The fourth-order valence-corrected chi connectivity index (χ4v) is 4.16. The summed E-state index contributed by atoms with van der Waals surface area (Å²) in [5.74, 6) is -1.09. The maximum Gasteiger partial charge on any atom is 0.346 e. The third-order valence-corrected chi connectivity index (χ3v) is 6.00. The molecule has 0 aliphatic carbocycles. The Hall–Kier alpha value is -3.71. The number of carbonyl (C=O) groups is 1. The Kier molecular flexibility index (Phi) is 7.00. The topological polar surface area (TPSA) is 50.1 Å². The van der Waals surface area contributed by atoms with Crippen LogP contribution in [0.3, 0.4) is 0 Å². The van der Waals surface area contributed by atoms with Gasteiger partial charge in [0.05, 0.1) is 17.2 Å². The van der Waals surface area contributed by atoms with Crippen molar-refractivity contribution in [3.63, 3.8) is 0 Å². The average Bonchev–Trinajstić information content (AvgIpc) is 2.84. The molecule has 0 aliphatic rings. The molecule has 0 fully saturated rings. The van der Waals surface area contributed by atoms with Gasteiger partial charge >= 0.3 is 5.97 Å². The first kappa shape index (κ1) is 22.5. The summed E-state index contributed by atoms with van der Waals surface area (Å²) in [6.45, 7) is 2.22. The average molecular weight is 440 g/mol. The van der Waals surface area contributed by atoms with E-state index in [1.54, 1.807) is 24.3 Å². The molecule has 0 saturated carbocycles. The fourth-order valence-electron chi connectivity index (χ4n) is 4.16. The van der Waals surface area contributed by atoms with E-state index in [0.717, 1.165) is 22.6 Å². The SMILES string of the molecule is CCCCCCCc1ccc2c(ccc3c(F)c(C(=O)Oc4ccc(C#N)cc4)ccc32)c1. The van der Waals surface area contributed by atoms with E-state index in [2.05, 4.69) is 19.1 Å². The molecule has 0 N–H and O–H groups in total. The molecule has 166 valence electrons. The van der Waals surface area contributed by atoms with Crippen molar-refractivity contribution in [2.45, 2.75) is 45.4 Å². The van der Waals surface area contributed by atoms with Crippen LogP contribution in [0.5, 0.6) is 5.75 Å². The van der Waals surface area contributed by atoms with Crippen LogP contribution in [0.4, 0.5) is 4.39 Å². The van der Waals surface area contributed by atoms with Gasteiger partial charge in [0.1, 0.15) is 11.6 Å². The normalized spacial score (nSPS) is 10.9. The predicted molar refractivity (Wildman–Crippen MR) is 130 cm³/mol. The monoisotopic (exact) mass is 439 g/mol. The number of hydrogen-bond acceptors (Lipinski definition) is 3. The van der Waals surface area contributed by atoms with Gasteiger partial charge in [-0.25, -0.2) is 9.18 Å². The second-order valence-corrected chi connectivity index (χ2v) is 8.33. The van der Waals surface area contributed by atoms with Gasteiger partial charge in [-0.15, -0.1) is 0 Å². The van der Waals surface area contributed by atoms with E-state index in [9.17, 15) is 4.79 Å². The molecule has 4 aromatic rings. The number of unbranched alkanes of at least 4 members (excludes halogenated alkanes) is 4. The highest BCUT2D eigenvalue weighted by Crippen LogP contribution is 2.30. The molecule has 4 heteroatoms. The summed E-state index contributed by atoms with van der Waals surface area (Å²) in [5, 5.41) is 12.1. The van der Waals surface area contributed by atoms with Gasteiger partial charge in [0, 0.05) is 5.39 Å². The summed E-state index contributed by atoms with van der Waals surface area (Å²) in [4.78, 5) is 12.6. The molecule has 0 spiro atoms. The van der Waals surface area contributed by atoms with Crippen molar-refractivity contribution in [1.29, 1.82) is 5.26 Å². The summed E-state index contributed by atoms with van der Waals surface area (Å²) < 4.78 is 20.6. The minimum absolute atomic E-state index is 0.116. The van der Waals surface area contributed by atoms with Crippen LogP contribution in [0.1, 0.15) is 60.5 Å². The lowest BCUT2D eigenvalue weighted by molar-refractivity contribution is 0.0730. The summed E-state index contributed by atoms with van der Waals surface area (Å²) >= 11 is 0. The van der Waals surface area contributed by atoms with Gasteiger partial charge in [-0.2, -0.15) is 5.26 Å². The van der Waals surface area contributed by atoms with Crippen molar-refractivity contribution < 1.29 is 13.9 Å². The predicted octanol–water partition coefficient (Wildman–Crippen LogP) is 7.74. The Morgan fingerprint density at radius 3 is 2.36 bits per heavy atom. The minimum Gasteiger partial charge on any atom is -0.423 e. The number of aryl methyl sites for hydroxylation is 1. The van der Waals surface area contributed by atoms with Crippen molar-refractivity contribution in [1.82, 2.24) is 0 Å². The zero-order chi connectivity index (χ0) is 23.2. The highest BCUT2D eigenvalue weighted by Gasteiger charge is 2.18. The molecule has 0 saturated heterocycles. The zero-order valence-corrected chi connectivity index (χ0v) is 18.7. The summed E-state index contributed by atoms with van der Waals surface area (Å²) in [6, 6.07) is 21.4. The molecule has 33 heavy (non-hydrogen) atoms.